The third-order valence-corrected chi connectivity index (χ3v) is 2.94. The number of ether oxygens (including phenoxy) is 2. The molecule has 20 heavy (non-hydrogen) atoms. The maximum Gasteiger partial charge on any atom is 0.330 e. The van der Waals surface area contributed by atoms with Gasteiger partial charge in [-0.05, 0) is 34.9 Å². The first kappa shape index (κ1) is 13.9. The first-order valence-corrected chi connectivity index (χ1v) is 6.24. The summed E-state index contributed by atoms with van der Waals surface area (Å²) in [4.78, 5) is 11.2. The Morgan fingerprint density at radius 3 is 2.45 bits per heavy atom. The van der Waals surface area contributed by atoms with E-state index in [0.29, 0.717) is 0 Å². The van der Waals surface area contributed by atoms with Crippen LogP contribution in [0.15, 0.2) is 54.6 Å². The van der Waals surface area contributed by atoms with Crippen LogP contribution in [0.25, 0.3) is 17.2 Å². The van der Waals surface area contributed by atoms with Gasteiger partial charge in [-0.1, -0.05) is 36.4 Å². The lowest BCUT2D eigenvalue weighted by Crippen LogP contribution is -1.94. The van der Waals surface area contributed by atoms with Crippen molar-refractivity contribution in [3.63, 3.8) is 0 Å². The molecule has 102 valence electrons. The zero-order valence-electron chi connectivity index (χ0n) is 11.5. The summed E-state index contributed by atoms with van der Waals surface area (Å²) in [6.45, 7) is 0. The Morgan fingerprint density at radius 1 is 1.05 bits per heavy atom. The minimum atomic E-state index is -0.383. The van der Waals surface area contributed by atoms with Gasteiger partial charge in [-0.3, -0.25) is 0 Å². The minimum absolute atomic E-state index is 0.383. The predicted octanol–water partition coefficient (Wildman–Crippen LogP) is 3.55. The van der Waals surface area contributed by atoms with Crippen molar-refractivity contribution in [3.05, 3.63) is 60.2 Å². The molecule has 0 fully saturated rings. The predicted molar refractivity (Wildman–Crippen MR) is 79.5 cm³/mol. The number of rotatable bonds is 4. The molecule has 0 saturated heterocycles. The Balaban J connectivity index is 2.46. The van der Waals surface area contributed by atoms with Crippen molar-refractivity contribution >= 4 is 12.0 Å². The van der Waals surface area contributed by atoms with Crippen molar-refractivity contribution < 1.29 is 14.3 Å². The number of hydrogen-bond donors (Lipinski definition) is 0. The molecular formula is C17H16O3. The van der Waals surface area contributed by atoms with E-state index < -0.39 is 0 Å². The van der Waals surface area contributed by atoms with Crippen LogP contribution in [0.5, 0.6) is 5.75 Å². The molecule has 2 rings (SSSR count). The second kappa shape index (κ2) is 6.57. The molecule has 0 radical (unpaired) electrons. The quantitative estimate of drug-likeness (QED) is 0.628. The van der Waals surface area contributed by atoms with Crippen molar-refractivity contribution in [2.24, 2.45) is 0 Å². The standard InChI is InChI=1S/C17H16O3/c1-19-15-9-10-16(13-6-4-3-5-7-13)14(12-15)8-11-17(18)20-2/h3-12H,1-2H3/b11-8+. The molecule has 0 saturated carbocycles. The summed E-state index contributed by atoms with van der Waals surface area (Å²) in [5, 5.41) is 0. The lowest BCUT2D eigenvalue weighted by atomic mass is 9.99. The lowest BCUT2D eigenvalue weighted by Gasteiger charge is -2.09. The van der Waals surface area contributed by atoms with E-state index in [9.17, 15) is 4.79 Å². The largest absolute Gasteiger partial charge is 0.497 e. The van der Waals surface area contributed by atoms with Gasteiger partial charge in [-0.25, -0.2) is 4.79 Å². The summed E-state index contributed by atoms with van der Waals surface area (Å²) in [5.41, 5.74) is 3.02. The van der Waals surface area contributed by atoms with Crippen molar-refractivity contribution in [1.82, 2.24) is 0 Å². The zero-order chi connectivity index (χ0) is 14.4. The van der Waals surface area contributed by atoms with Crippen LogP contribution in [-0.4, -0.2) is 20.2 Å². The number of carbonyl (C=O) groups is 1. The molecule has 0 aliphatic carbocycles. The van der Waals surface area contributed by atoms with Gasteiger partial charge in [0.2, 0.25) is 0 Å². The fraction of sp³-hybridized carbons (Fsp3) is 0.118. The summed E-state index contributed by atoms with van der Waals surface area (Å²) >= 11 is 0. The third-order valence-electron chi connectivity index (χ3n) is 2.94. The Labute approximate surface area is 118 Å². The summed E-state index contributed by atoms with van der Waals surface area (Å²) in [6.07, 6.45) is 3.14. The molecule has 3 nitrogen and oxygen atoms in total. The molecule has 0 spiro atoms. The first-order chi connectivity index (χ1) is 9.74. The van der Waals surface area contributed by atoms with Crippen LogP contribution in [0.2, 0.25) is 0 Å². The van der Waals surface area contributed by atoms with Crippen LogP contribution < -0.4 is 4.74 Å². The second-order valence-corrected chi connectivity index (χ2v) is 4.18. The Morgan fingerprint density at radius 2 is 1.80 bits per heavy atom. The van der Waals surface area contributed by atoms with Crippen LogP contribution in [-0.2, 0) is 9.53 Å². The van der Waals surface area contributed by atoms with Crippen LogP contribution in [0.3, 0.4) is 0 Å². The van der Waals surface area contributed by atoms with Gasteiger partial charge in [0.05, 0.1) is 14.2 Å². The summed E-state index contributed by atoms with van der Waals surface area (Å²) in [6, 6.07) is 15.7. The molecule has 3 heteroatoms. The lowest BCUT2D eigenvalue weighted by molar-refractivity contribution is -0.134. The van der Waals surface area contributed by atoms with Crippen molar-refractivity contribution in [2.75, 3.05) is 14.2 Å². The molecular weight excluding hydrogens is 252 g/mol. The fourth-order valence-corrected chi connectivity index (χ4v) is 1.91. The molecule has 0 N–H and O–H groups in total. The Kier molecular flexibility index (Phi) is 4.56. The van der Waals surface area contributed by atoms with E-state index in [2.05, 4.69) is 4.74 Å². The average molecular weight is 268 g/mol. The molecule has 0 unspecified atom stereocenters. The maximum absolute atomic E-state index is 11.2. The summed E-state index contributed by atoms with van der Waals surface area (Å²) in [7, 11) is 2.97. The van der Waals surface area contributed by atoms with Gasteiger partial charge in [0.15, 0.2) is 0 Å². The molecule has 2 aromatic rings. The number of carbonyl (C=O) groups excluding carboxylic acids is 1. The van der Waals surface area contributed by atoms with E-state index in [-0.39, 0.29) is 5.97 Å². The Bertz CT molecular complexity index is 615. The van der Waals surface area contributed by atoms with Gasteiger partial charge in [0.25, 0.3) is 0 Å². The smallest absolute Gasteiger partial charge is 0.330 e. The normalized spacial score (nSPS) is 10.5. The third kappa shape index (κ3) is 3.26. The van der Waals surface area contributed by atoms with Crippen molar-refractivity contribution in [3.8, 4) is 16.9 Å². The zero-order valence-corrected chi connectivity index (χ0v) is 11.5. The van der Waals surface area contributed by atoms with Gasteiger partial charge in [-0.15, -0.1) is 0 Å². The van der Waals surface area contributed by atoms with Crippen LogP contribution in [0.4, 0.5) is 0 Å². The number of methoxy groups -OCH3 is 2. The highest BCUT2D eigenvalue weighted by atomic mass is 16.5. The monoisotopic (exact) mass is 268 g/mol. The SMILES string of the molecule is COC(=O)/C=C/c1cc(OC)ccc1-c1ccccc1. The first-order valence-electron chi connectivity index (χ1n) is 6.24. The molecule has 0 atom stereocenters. The van der Waals surface area contributed by atoms with E-state index in [1.54, 1.807) is 13.2 Å². The molecule has 0 amide bonds. The molecule has 0 bridgehead atoms. The maximum atomic E-state index is 11.2. The van der Waals surface area contributed by atoms with Crippen LogP contribution >= 0.6 is 0 Å². The number of benzene rings is 2. The van der Waals surface area contributed by atoms with Crippen molar-refractivity contribution in [2.45, 2.75) is 0 Å². The van der Waals surface area contributed by atoms with Gasteiger partial charge >= 0.3 is 5.97 Å². The molecule has 0 aromatic heterocycles. The van der Waals surface area contributed by atoms with E-state index in [1.165, 1.54) is 13.2 Å². The summed E-state index contributed by atoms with van der Waals surface area (Å²) < 4.78 is 9.85. The highest BCUT2D eigenvalue weighted by Gasteiger charge is 2.05. The van der Waals surface area contributed by atoms with Gasteiger partial charge in [0.1, 0.15) is 5.75 Å². The van der Waals surface area contributed by atoms with Gasteiger partial charge < -0.3 is 9.47 Å². The van der Waals surface area contributed by atoms with E-state index >= 15 is 0 Å². The van der Waals surface area contributed by atoms with Crippen LogP contribution in [0, 0.1) is 0 Å². The summed E-state index contributed by atoms with van der Waals surface area (Å²) in [5.74, 6) is 0.362. The second-order valence-electron chi connectivity index (χ2n) is 4.18. The topological polar surface area (TPSA) is 35.5 Å². The molecule has 0 aliphatic rings. The van der Waals surface area contributed by atoms with Gasteiger partial charge in [0, 0.05) is 6.08 Å². The van der Waals surface area contributed by atoms with Crippen LogP contribution in [0.1, 0.15) is 5.56 Å². The number of hydrogen-bond acceptors (Lipinski definition) is 3. The van der Waals surface area contributed by atoms with E-state index in [0.717, 1.165) is 22.4 Å². The molecule has 2 aromatic carbocycles. The highest BCUT2D eigenvalue weighted by Crippen LogP contribution is 2.28. The molecule has 0 aliphatic heterocycles. The number of esters is 1. The van der Waals surface area contributed by atoms with Crippen molar-refractivity contribution in [1.29, 1.82) is 0 Å². The average Bonchev–Trinajstić information content (AvgIpc) is 2.53. The molecule has 0 heterocycles. The van der Waals surface area contributed by atoms with Gasteiger partial charge in [-0.2, -0.15) is 0 Å². The Hall–Kier alpha value is -2.55. The van der Waals surface area contributed by atoms with E-state index in [1.807, 2.05) is 48.5 Å². The minimum Gasteiger partial charge on any atom is -0.497 e. The van der Waals surface area contributed by atoms with E-state index in [4.69, 9.17) is 4.74 Å². The fourth-order valence-electron chi connectivity index (χ4n) is 1.91. The highest BCUT2D eigenvalue weighted by molar-refractivity contribution is 5.89.